The largest absolute Gasteiger partial charge is 0.357 e. The number of carbonyl (C=O) groups is 5. The molecule has 1 heterocycles. The zero-order valence-electron chi connectivity index (χ0n) is 21.9. The van der Waals surface area contributed by atoms with E-state index in [1.807, 2.05) is 34.6 Å². The monoisotopic (exact) mass is 518 g/mol. The molecule has 0 saturated carbocycles. The van der Waals surface area contributed by atoms with Crippen molar-refractivity contribution < 1.29 is 24.0 Å². The Labute approximate surface area is 218 Å². The summed E-state index contributed by atoms with van der Waals surface area (Å²) in [7, 11) is 1.51. The second-order valence-electron chi connectivity index (χ2n) is 10.6. The Balaban J connectivity index is 1.96. The molecule has 2 rings (SSSR count). The van der Waals surface area contributed by atoms with E-state index in [1.54, 1.807) is 24.3 Å². The van der Waals surface area contributed by atoms with Gasteiger partial charge >= 0.3 is 0 Å². The molecule has 36 heavy (non-hydrogen) atoms. The molecule has 1 unspecified atom stereocenters. The summed E-state index contributed by atoms with van der Waals surface area (Å²) >= 11 is 4.40. The van der Waals surface area contributed by atoms with Crippen LogP contribution in [-0.4, -0.2) is 65.4 Å². The lowest BCUT2D eigenvalue weighted by Crippen LogP contribution is -2.58. The van der Waals surface area contributed by atoms with Crippen LogP contribution in [-0.2, 0) is 14.4 Å². The van der Waals surface area contributed by atoms with E-state index >= 15 is 0 Å². The van der Waals surface area contributed by atoms with E-state index < -0.39 is 34.6 Å². The van der Waals surface area contributed by atoms with E-state index in [0.29, 0.717) is 30.4 Å². The first-order chi connectivity index (χ1) is 16.8. The van der Waals surface area contributed by atoms with Crippen LogP contribution in [0.25, 0.3) is 0 Å². The maximum atomic E-state index is 13.1. The molecule has 9 nitrogen and oxygen atoms in total. The molecule has 10 heteroatoms. The third kappa shape index (κ3) is 7.32. The third-order valence-corrected chi connectivity index (χ3v) is 6.53. The number of imide groups is 1. The van der Waals surface area contributed by atoms with E-state index in [-0.39, 0.29) is 30.2 Å². The van der Waals surface area contributed by atoms with Crippen LogP contribution >= 0.6 is 12.6 Å². The Morgan fingerprint density at radius 3 is 1.97 bits per heavy atom. The van der Waals surface area contributed by atoms with Gasteiger partial charge in [-0.25, -0.2) is 0 Å². The van der Waals surface area contributed by atoms with Crippen LogP contribution in [0.15, 0.2) is 24.3 Å². The number of benzene rings is 1. The summed E-state index contributed by atoms with van der Waals surface area (Å²) < 4.78 is 0. The summed E-state index contributed by atoms with van der Waals surface area (Å²) in [5, 5.41) is 7.38. The van der Waals surface area contributed by atoms with Crippen LogP contribution in [0.4, 0.5) is 0 Å². The van der Waals surface area contributed by atoms with Crippen molar-refractivity contribution in [3.8, 4) is 0 Å². The lowest BCUT2D eigenvalue weighted by atomic mass is 9.85. The van der Waals surface area contributed by atoms with Crippen molar-refractivity contribution in [2.45, 2.75) is 71.2 Å². The molecule has 0 spiro atoms. The highest BCUT2D eigenvalue weighted by molar-refractivity contribution is 7.81. The molecule has 0 radical (unpaired) electrons. The Morgan fingerprint density at radius 1 is 0.944 bits per heavy atom. The Hall–Kier alpha value is -2.88. The number of fused-ring (bicyclic) bond motifs is 1. The van der Waals surface area contributed by atoms with Crippen molar-refractivity contribution in [2.75, 3.05) is 13.6 Å². The minimum Gasteiger partial charge on any atom is -0.357 e. The van der Waals surface area contributed by atoms with Gasteiger partial charge in [0.1, 0.15) is 12.1 Å². The molecule has 0 fully saturated rings. The first-order valence-corrected chi connectivity index (χ1v) is 12.7. The van der Waals surface area contributed by atoms with Crippen LogP contribution in [0, 0.1) is 11.3 Å². The number of hydrogen-bond acceptors (Lipinski definition) is 6. The average molecular weight is 519 g/mol. The Bertz CT molecular complexity index is 969. The summed E-state index contributed by atoms with van der Waals surface area (Å²) in [6.45, 7) is 9.59. The van der Waals surface area contributed by atoms with Crippen molar-refractivity contribution in [2.24, 2.45) is 11.3 Å². The van der Waals surface area contributed by atoms with Gasteiger partial charge in [-0.2, -0.15) is 12.6 Å². The summed E-state index contributed by atoms with van der Waals surface area (Å²) in [6.07, 6.45) is 1.08. The fourth-order valence-electron chi connectivity index (χ4n) is 4.05. The highest BCUT2D eigenvalue weighted by Crippen LogP contribution is 2.23. The van der Waals surface area contributed by atoms with Gasteiger partial charge in [0.2, 0.25) is 17.7 Å². The number of amides is 5. The molecule has 0 saturated heterocycles. The summed E-state index contributed by atoms with van der Waals surface area (Å²) in [5.74, 6) is -1.74. The van der Waals surface area contributed by atoms with E-state index in [1.165, 1.54) is 11.9 Å². The zero-order valence-corrected chi connectivity index (χ0v) is 22.8. The summed E-state index contributed by atoms with van der Waals surface area (Å²) in [4.78, 5) is 64.4. The van der Waals surface area contributed by atoms with Gasteiger partial charge in [0.05, 0.1) is 16.4 Å². The topological polar surface area (TPSA) is 125 Å². The third-order valence-electron chi connectivity index (χ3n) is 6.04. The predicted octanol–water partition coefficient (Wildman–Crippen LogP) is 2.17. The van der Waals surface area contributed by atoms with Crippen molar-refractivity contribution in [3.05, 3.63) is 35.4 Å². The van der Waals surface area contributed by atoms with Crippen molar-refractivity contribution in [1.29, 1.82) is 0 Å². The van der Waals surface area contributed by atoms with Crippen molar-refractivity contribution in [3.63, 3.8) is 0 Å². The van der Waals surface area contributed by atoms with Crippen LogP contribution in [0.2, 0.25) is 0 Å². The molecule has 1 aromatic rings. The molecule has 0 bridgehead atoms. The van der Waals surface area contributed by atoms with Crippen LogP contribution in [0.5, 0.6) is 0 Å². The second kappa shape index (κ2) is 12.4. The molecule has 0 aliphatic carbocycles. The molecule has 3 N–H and O–H groups in total. The molecular weight excluding hydrogens is 480 g/mol. The van der Waals surface area contributed by atoms with Crippen LogP contribution in [0.1, 0.15) is 74.6 Å². The van der Waals surface area contributed by atoms with Gasteiger partial charge in [-0.05, 0) is 42.7 Å². The number of rotatable bonds is 11. The smallest absolute Gasteiger partial charge is 0.261 e. The lowest BCUT2D eigenvalue weighted by molar-refractivity contribution is -0.134. The first-order valence-electron chi connectivity index (χ1n) is 12.2. The van der Waals surface area contributed by atoms with Gasteiger partial charge in [-0.1, -0.05) is 46.8 Å². The Kier molecular flexibility index (Phi) is 10.1. The molecule has 5 amide bonds. The van der Waals surface area contributed by atoms with E-state index in [9.17, 15) is 24.0 Å². The average Bonchev–Trinajstić information content (AvgIpc) is 3.05. The van der Waals surface area contributed by atoms with Gasteiger partial charge in [0.15, 0.2) is 0 Å². The summed E-state index contributed by atoms with van der Waals surface area (Å²) in [6, 6.07) is 5.07. The number of thiol groups is 1. The maximum absolute atomic E-state index is 13.1. The molecule has 0 aromatic heterocycles. The number of nitrogens with one attached hydrogen (secondary N) is 3. The minimum atomic E-state index is -0.835. The maximum Gasteiger partial charge on any atom is 0.261 e. The predicted molar refractivity (Wildman–Crippen MR) is 141 cm³/mol. The minimum absolute atomic E-state index is 0.112. The number of hydrogen-bond donors (Lipinski definition) is 4. The van der Waals surface area contributed by atoms with Gasteiger partial charge < -0.3 is 16.0 Å². The molecule has 1 aromatic carbocycles. The van der Waals surface area contributed by atoms with E-state index in [2.05, 4.69) is 28.6 Å². The number of nitrogens with zero attached hydrogens (tertiary/aromatic N) is 1. The van der Waals surface area contributed by atoms with Crippen molar-refractivity contribution >= 4 is 42.2 Å². The molecule has 1 aliphatic heterocycles. The van der Waals surface area contributed by atoms with Crippen LogP contribution in [0.3, 0.4) is 0 Å². The second-order valence-corrected chi connectivity index (χ2v) is 11.2. The fraction of sp³-hybridized carbons (Fsp3) is 0.577. The fourth-order valence-corrected chi connectivity index (χ4v) is 4.31. The molecule has 1 aliphatic rings. The van der Waals surface area contributed by atoms with Gasteiger partial charge in [0, 0.05) is 13.6 Å². The van der Waals surface area contributed by atoms with Crippen molar-refractivity contribution in [1.82, 2.24) is 20.9 Å². The highest BCUT2D eigenvalue weighted by atomic mass is 32.1. The van der Waals surface area contributed by atoms with Gasteiger partial charge in [-0.3, -0.25) is 28.9 Å². The summed E-state index contributed by atoms with van der Waals surface area (Å²) in [5.41, 5.74) is 0.240. The Morgan fingerprint density at radius 2 is 1.50 bits per heavy atom. The normalized spacial score (nSPS) is 15.8. The number of likely N-dealkylation sites (N-methyl/N-ethyl adjacent to an activating group) is 1. The standard InChI is InChI=1S/C26H38N4O5S/c1-15(2)14-18(21(31)29-20(23(33)27-6)26(3,4)5)28-22(32)19(36)12-9-13-30-24(34)16-10-7-8-11-17(16)25(30)35/h7-8,10-11,15,18-20,36H,9,12-14H2,1-6H3,(H,27,33)(H,28,32)(H,29,31)/t18-,19-,20?/m0/s1. The van der Waals surface area contributed by atoms with Gasteiger partial charge in [0.25, 0.3) is 11.8 Å². The number of carbonyl (C=O) groups excluding carboxylic acids is 5. The molecule has 198 valence electrons. The van der Waals surface area contributed by atoms with E-state index in [4.69, 9.17) is 0 Å². The zero-order chi connectivity index (χ0) is 27.2. The SMILES string of the molecule is CNC(=O)C(NC(=O)[C@H](CC(C)C)NC(=O)[C@@H](S)CCCN1C(=O)c2ccccc2C1=O)C(C)(C)C. The van der Waals surface area contributed by atoms with E-state index in [0.717, 1.165) is 0 Å². The quantitative estimate of drug-likeness (QED) is 0.264. The first kappa shape index (κ1) is 29.4. The lowest BCUT2D eigenvalue weighted by Gasteiger charge is -2.32. The molecule has 3 atom stereocenters. The highest BCUT2D eigenvalue weighted by Gasteiger charge is 2.36. The van der Waals surface area contributed by atoms with Gasteiger partial charge in [-0.15, -0.1) is 0 Å². The van der Waals surface area contributed by atoms with Crippen LogP contribution < -0.4 is 16.0 Å². The molecular formula is C26H38N4O5S.